The zero-order chi connectivity index (χ0) is 16.0. The highest BCUT2D eigenvalue weighted by Crippen LogP contribution is 2.15. The summed E-state index contributed by atoms with van der Waals surface area (Å²) < 4.78 is 0. The van der Waals surface area contributed by atoms with E-state index in [0.29, 0.717) is 24.4 Å². The summed E-state index contributed by atoms with van der Waals surface area (Å²) in [5, 5.41) is 2.92. The number of aromatic nitrogens is 3. The van der Waals surface area contributed by atoms with Crippen molar-refractivity contribution in [3.05, 3.63) is 0 Å². The average Bonchev–Trinajstić information content (AvgIpc) is 2.45. The number of rotatable bonds is 7. The van der Waals surface area contributed by atoms with Crippen LogP contribution < -0.4 is 15.1 Å². The molecule has 1 heterocycles. The van der Waals surface area contributed by atoms with Crippen LogP contribution in [0.4, 0.5) is 17.8 Å². The third-order valence-corrected chi connectivity index (χ3v) is 2.84. The number of hydrogen-bond donors (Lipinski definition) is 1. The summed E-state index contributed by atoms with van der Waals surface area (Å²) in [4.78, 5) is 30.3. The van der Waals surface area contributed by atoms with Crippen LogP contribution in [-0.2, 0) is 4.79 Å². The van der Waals surface area contributed by atoms with Gasteiger partial charge in [-0.1, -0.05) is 6.92 Å². The Labute approximate surface area is 126 Å². The Kier molecular flexibility index (Phi) is 6.13. The maximum absolute atomic E-state index is 12.0. The molecular weight excluding hydrogens is 270 g/mol. The molecule has 21 heavy (non-hydrogen) atoms. The molecule has 0 spiro atoms. The van der Waals surface area contributed by atoms with Gasteiger partial charge in [-0.2, -0.15) is 15.0 Å². The maximum Gasteiger partial charge on any atom is 0.241 e. The summed E-state index contributed by atoms with van der Waals surface area (Å²) in [7, 11) is 8.98. The van der Waals surface area contributed by atoms with Gasteiger partial charge in [0.15, 0.2) is 0 Å². The van der Waals surface area contributed by atoms with Crippen LogP contribution in [-0.4, -0.2) is 74.1 Å². The van der Waals surface area contributed by atoms with E-state index in [1.807, 2.05) is 23.9 Å². The Bertz CT molecular complexity index is 476. The zero-order valence-corrected chi connectivity index (χ0v) is 13.7. The van der Waals surface area contributed by atoms with Gasteiger partial charge in [-0.3, -0.25) is 4.79 Å². The van der Waals surface area contributed by atoms with Gasteiger partial charge in [0.25, 0.3) is 0 Å². The minimum absolute atomic E-state index is 0.0151. The first-order chi connectivity index (χ1) is 9.88. The number of amides is 1. The van der Waals surface area contributed by atoms with Gasteiger partial charge in [-0.25, -0.2) is 0 Å². The fraction of sp³-hybridized carbons (Fsp3) is 0.692. The fourth-order valence-electron chi connectivity index (χ4n) is 1.63. The summed E-state index contributed by atoms with van der Waals surface area (Å²) in [6, 6.07) is 0. The van der Waals surface area contributed by atoms with Gasteiger partial charge in [0, 0.05) is 41.8 Å². The van der Waals surface area contributed by atoms with E-state index < -0.39 is 0 Å². The minimum atomic E-state index is 0.0151. The van der Waals surface area contributed by atoms with Crippen molar-refractivity contribution in [1.82, 2.24) is 19.9 Å². The Morgan fingerprint density at radius 1 is 1.10 bits per heavy atom. The van der Waals surface area contributed by atoms with E-state index in [-0.39, 0.29) is 12.5 Å². The summed E-state index contributed by atoms with van der Waals surface area (Å²) in [5.74, 6) is 1.57. The molecular formula is C13H25N7O. The molecule has 8 heteroatoms. The van der Waals surface area contributed by atoms with Crippen molar-refractivity contribution in [1.29, 1.82) is 0 Å². The molecule has 0 atom stereocenters. The van der Waals surface area contributed by atoms with Crippen molar-refractivity contribution < 1.29 is 4.79 Å². The predicted molar refractivity (Wildman–Crippen MR) is 84.9 cm³/mol. The van der Waals surface area contributed by atoms with E-state index in [0.717, 1.165) is 6.42 Å². The van der Waals surface area contributed by atoms with Crippen molar-refractivity contribution in [2.45, 2.75) is 13.3 Å². The average molecular weight is 295 g/mol. The number of nitrogens with zero attached hydrogens (tertiary/aromatic N) is 6. The number of carbonyl (C=O) groups excluding carboxylic acids is 1. The van der Waals surface area contributed by atoms with Gasteiger partial charge in [-0.05, 0) is 6.42 Å². The monoisotopic (exact) mass is 295 g/mol. The van der Waals surface area contributed by atoms with Crippen molar-refractivity contribution in [3.8, 4) is 0 Å². The van der Waals surface area contributed by atoms with Crippen molar-refractivity contribution in [2.75, 3.05) is 63.4 Å². The lowest BCUT2D eigenvalue weighted by molar-refractivity contribution is -0.127. The lowest BCUT2D eigenvalue weighted by Gasteiger charge is -2.24. The standard InChI is InChI=1S/C13H25N7O/c1-7-8-20(9-10(21)18(3)4)13-16-11(14-2)15-12(17-13)19(5)6/h7-9H2,1-6H3,(H,14,15,16,17). The molecule has 0 radical (unpaired) electrons. The molecule has 0 bridgehead atoms. The van der Waals surface area contributed by atoms with E-state index >= 15 is 0 Å². The molecule has 0 fully saturated rings. The van der Waals surface area contributed by atoms with E-state index in [4.69, 9.17) is 0 Å². The first-order valence-corrected chi connectivity index (χ1v) is 6.95. The Balaban J connectivity index is 3.11. The van der Waals surface area contributed by atoms with Crippen molar-refractivity contribution >= 4 is 23.8 Å². The van der Waals surface area contributed by atoms with Crippen LogP contribution in [0.2, 0.25) is 0 Å². The summed E-state index contributed by atoms with van der Waals surface area (Å²) in [5.41, 5.74) is 0. The third kappa shape index (κ3) is 4.73. The molecule has 0 saturated heterocycles. The Hall–Kier alpha value is -2.12. The molecule has 0 aliphatic rings. The molecule has 0 aliphatic heterocycles. The highest BCUT2D eigenvalue weighted by molar-refractivity contribution is 5.80. The number of hydrogen-bond acceptors (Lipinski definition) is 7. The largest absolute Gasteiger partial charge is 0.357 e. The minimum Gasteiger partial charge on any atom is -0.357 e. The van der Waals surface area contributed by atoms with Crippen LogP contribution >= 0.6 is 0 Å². The molecule has 0 aliphatic carbocycles. The second-order valence-electron chi connectivity index (χ2n) is 5.11. The van der Waals surface area contributed by atoms with Crippen LogP contribution in [0.3, 0.4) is 0 Å². The molecule has 0 unspecified atom stereocenters. The van der Waals surface area contributed by atoms with Gasteiger partial charge >= 0.3 is 0 Å². The molecule has 0 saturated carbocycles. The first kappa shape index (κ1) is 16.9. The lowest BCUT2D eigenvalue weighted by Crippen LogP contribution is -2.38. The number of nitrogens with one attached hydrogen (secondary N) is 1. The summed E-state index contributed by atoms with van der Waals surface area (Å²) >= 11 is 0. The Morgan fingerprint density at radius 2 is 1.71 bits per heavy atom. The van der Waals surface area contributed by atoms with Gasteiger partial charge < -0.3 is 20.0 Å². The number of carbonyl (C=O) groups is 1. The van der Waals surface area contributed by atoms with Gasteiger partial charge in [0.2, 0.25) is 23.8 Å². The summed E-state index contributed by atoms with van der Waals surface area (Å²) in [6.45, 7) is 3.01. The van der Waals surface area contributed by atoms with Crippen LogP contribution in [0.1, 0.15) is 13.3 Å². The highest BCUT2D eigenvalue weighted by Gasteiger charge is 2.17. The Morgan fingerprint density at radius 3 is 2.19 bits per heavy atom. The maximum atomic E-state index is 12.0. The van der Waals surface area contributed by atoms with E-state index in [2.05, 4.69) is 27.2 Å². The topological polar surface area (TPSA) is 77.5 Å². The van der Waals surface area contributed by atoms with Gasteiger partial charge in [0.1, 0.15) is 0 Å². The molecule has 118 valence electrons. The summed E-state index contributed by atoms with van der Waals surface area (Å²) in [6.07, 6.45) is 0.901. The lowest BCUT2D eigenvalue weighted by atomic mass is 10.4. The number of anilines is 3. The van der Waals surface area contributed by atoms with E-state index in [1.54, 1.807) is 26.0 Å². The molecule has 1 amide bonds. The second kappa shape index (κ2) is 7.61. The molecule has 8 nitrogen and oxygen atoms in total. The third-order valence-electron chi connectivity index (χ3n) is 2.84. The quantitative estimate of drug-likeness (QED) is 0.774. The zero-order valence-electron chi connectivity index (χ0n) is 13.7. The van der Waals surface area contributed by atoms with Crippen LogP contribution in [0, 0.1) is 0 Å². The molecule has 1 N–H and O–H groups in total. The van der Waals surface area contributed by atoms with Crippen LogP contribution in [0.25, 0.3) is 0 Å². The smallest absolute Gasteiger partial charge is 0.241 e. The predicted octanol–water partition coefficient (Wildman–Crippen LogP) is 0.284. The van der Waals surface area contributed by atoms with Crippen LogP contribution in [0.5, 0.6) is 0 Å². The molecule has 0 aromatic carbocycles. The normalized spacial score (nSPS) is 10.2. The highest BCUT2D eigenvalue weighted by atomic mass is 16.2. The first-order valence-electron chi connectivity index (χ1n) is 6.95. The molecule has 1 aromatic rings. The van der Waals surface area contributed by atoms with Crippen molar-refractivity contribution in [2.24, 2.45) is 0 Å². The molecule has 1 aromatic heterocycles. The fourth-order valence-corrected chi connectivity index (χ4v) is 1.63. The van der Waals surface area contributed by atoms with Gasteiger partial charge in [-0.15, -0.1) is 0 Å². The van der Waals surface area contributed by atoms with Gasteiger partial charge in [0.05, 0.1) is 6.54 Å². The van der Waals surface area contributed by atoms with Crippen molar-refractivity contribution in [3.63, 3.8) is 0 Å². The SMILES string of the molecule is CCCN(CC(=O)N(C)C)c1nc(NC)nc(N(C)C)n1. The second-order valence-corrected chi connectivity index (χ2v) is 5.11. The van der Waals surface area contributed by atoms with Crippen LogP contribution in [0.15, 0.2) is 0 Å². The number of likely N-dealkylation sites (N-methyl/N-ethyl adjacent to an activating group) is 1. The molecule has 1 rings (SSSR count). The van der Waals surface area contributed by atoms with E-state index in [9.17, 15) is 4.79 Å². The van der Waals surface area contributed by atoms with E-state index in [1.165, 1.54) is 0 Å².